The number of carbonyl (C=O) groups is 1. The lowest BCUT2D eigenvalue weighted by Crippen LogP contribution is -2.50. The predicted molar refractivity (Wildman–Crippen MR) is 87.5 cm³/mol. The molecule has 5 heteroatoms. The number of hydrogen-bond acceptors (Lipinski definition) is 2. The maximum absolute atomic E-state index is 11.6. The molecule has 1 amide bonds. The van der Waals surface area contributed by atoms with Crippen molar-refractivity contribution in [2.24, 2.45) is 5.92 Å². The van der Waals surface area contributed by atoms with Gasteiger partial charge in [-0.15, -0.1) is 0 Å². The number of hydrogen-bond donors (Lipinski definition) is 2. The molecule has 1 rings (SSSR count). The van der Waals surface area contributed by atoms with Gasteiger partial charge in [0, 0.05) is 22.1 Å². The molecule has 0 aliphatic rings. The zero-order valence-corrected chi connectivity index (χ0v) is 14.3. The Hall–Kier alpha value is -0.820. The first-order valence-corrected chi connectivity index (χ1v) is 7.88. The van der Waals surface area contributed by atoms with Crippen molar-refractivity contribution in [3.63, 3.8) is 0 Å². The van der Waals surface area contributed by atoms with Crippen molar-refractivity contribution < 1.29 is 15.0 Å². The van der Waals surface area contributed by atoms with Crippen LogP contribution in [0.15, 0.2) is 24.3 Å². The molecular formula is C15H22INO3. The van der Waals surface area contributed by atoms with Gasteiger partial charge in [-0.1, -0.05) is 39.0 Å². The van der Waals surface area contributed by atoms with Crippen LogP contribution in [0.5, 0.6) is 0 Å². The number of nitrogens with zero attached hydrogens (tertiary/aromatic N) is 1. The molecule has 0 aliphatic heterocycles. The van der Waals surface area contributed by atoms with E-state index in [0.29, 0.717) is 24.9 Å². The van der Waals surface area contributed by atoms with Crippen molar-refractivity contribution in [3.05, 3.63) is 33.4 Å². The normalized spacial score (nSPS) is 14.1. The van der Waals surface area contributed by atoms with Gasteiger partial charge in [0.25, 0.3) is 0 Å². The van der Waals surface area contributed by atoms with Gasteiger partial charge >= 0.3 is 6.09 Å². The molecule has 0 saturated heterocycles. The molecule has 0 unspecified atom stereocenters. The summed E-state index contributed by atoms with van der Waals surface area (Å²) in [5.74, 6) is 0.176. The lowest BCUT2D eigenvalue weighted by Gasteiger charge is -2.40. The van der Waals surface area contributed by atoms with Gasteiger partial charge in [0.1, 0.15) is 0 Å². The fraction of sp³-hybridized carbons (Fsp3) is 0.533. The maximum atomic E-state index is 11.6. The molecular weight excluding hydrogens is 369 g/mol. The Bertz CT molecular complexity index is 464. The first-order valence-electron chi connectivity index (χ1n) is 6.80. The summed E-state index contributed by atoms with van der Waals surface area (Å²) in [6.07, 6.45) is -0.0511. The number of amides is 1. The monoisotopic (exact) mass is 391 g/mol. The van der Waals surface area contributed by atoms with Crippen LogP contribution in [0.3, 0.4) is 0 Å². The minimum absolute atomic E-state index is 0.176. The number of benzene rings is 1. The Kier molecular flexibility index (Phi) is 6.26. The van der Waals surface area contributed by atoms with Crippen molar-refractivity contribution in [1.82, 2.24) is 4.90 Å². The van der Waals surface area contributed by atoms with Crippen molar-refractivity contribution in [2.75, 3.05) is 6.54 Å². The van der Waals surface area contributed by atoms with Gasteiger partial charge in [0.15, 0.2) is 5.72 Å². The summed E-state index contributed by atoms with van der Waals surface area (Å²) < 4.78 is 0.871. The molecule has 2 N–H and O–H groups in total. The SMILES string of the molecule is CCCN(C(=O)O)[C@@](O)(CC(C)C)c1ccccc1I. The number of aliphatic hydroxyl groups is 1. The van der Waals surface area contributed by atoms with E-state index in [1.807, 2.05) is 39.0 Å². The Morgan fingerprint density at radius 1 is 1.40 bits per heavy atom. The molecule has 1 aromatic rings. The molecule has 0 heterocycles. The van der Waals surface area contributed by atoms with E-state index in [0.717, 1.165) is 8.47 Å². The van der Waals surface area contributed by atoms with Crippen LogP contribution in [0.1, 0.15) is 39.2 Å². The highest BCUT2D eigenvalue weighted by molar-refractivity contribution is 14.1. The Morgan fingerprint density at radius 3 is 2.45 bits per heavy atom. The van der Waals surface area contributed by atoms with E-state index in [-0.39, 0.29) is 5.92 Å². The molecule has 0 bridgehead atoms. The fourth-order valence-electron chi connectivity index (χ4n) is 2.38. The third kappa shape index (κ3) is 3.85. The number of halogens is 1. The summed E-state index contributed by atoms with van der Waals surface area (Å²) >= 11 is 2.14. The molecule has 4 nitrogen and oxygen atoms in total. The van der Waals surface area contributed by atoms with E-state index in [1.165, 1.54) is 0 Å². The van der Waals surface area contributed by atoms with E-state index < -0.39 is 11.8 Å². The average molecular weight is 391 g/mol. The summed E-state index contributed by atoms with van der Waals surface area (Å²) in [6.45, 7) is 6.17. The van der Waals surface area contributed by atoms with E-state index >= 15 is 0 Å². The second kappa shape index (κ2) is 7.26. The molecule has 0 spiro atoms. The predicted octanol–water partition coefficient (Wildman–Crippen LogP) is 3.87. The fourth-order valence-corrected chi connectivity index (χ4v) is 3.20. The maximum Gasteiger partial charge on any atom is 0.409 e. The smallest absolute Gasteiger partial charge is 0.409 e. The molecule has 0 radical (unpaired) electrons. The van der Waals surface area contributed by atoms with Crippen LogP contribution in [-0.2, 0) is 5.72 Å². The van der Waals surface area contributed by atoms with Crippen molar-refractivity contribution in [3.8, 4) is 0 Å². The van der Waals surface area contributed by atoms with E-state index in [4.69, 9.17) is 0 Å². The van der Waals surface area contributed by atoms with E-state index in [9.17, 15) is 15.0 Å². The first-order chi connectivity index (χ1) is 9.32. The van der Waals surface area contributed by atoms with Gasteiger partial charge in [-0.2, -0.15) is 0 Å². The molecule has 1 aromatic carbocycles. The third-order valence-electron chi connectivity index (χ3n) is 3.12. The van der Waals surface area contributed by atoms with Gasteiger partial charge in [0.05, 0.1) is 0 Å². The zero-order chi connectivity index (χ0) is 15.3. The topological polar surface area (TPSA) is 60.8 Å². The summed E-state index contributed by atoms with van der Waals surface area (Å²) in [5, 5.41) is 20.6. The average Bonchev–Trinajstić information content (AvgIpc) is 2.34. The molecule has 0 saturated carbocycles. The quantitative estimate of drug-likeness (QED) is 0.572. The molecule has 0 aromatic heterocycles. The van der Waals surface area contributed by atoms with Crippen molar-refractivity contribution >= 4 is 28.7 Å². The highest BCUT2D eigenvalue weighted by Gasteiger charge is 2.40. The van der Waals surface area contributed by atoms with E-state index in [1.54, 1.807) is 6.07 Å². The van der Waals surface area contributed by atoms with Crippen LogP contribution in [0.2, 0.25) is 0 Å². The second-order valence-electron chi connectivity index (χ2n) is 5.33. The molecule has 0 aliphatic carbocycles. The number of carboxylic acid groups (broad SMARTS) is 1. The van der Waals surface area contributed by atoms with Crippen LogP contribution in [-0.4, -0.2) is 27.8 Å². The van der Waals surface area contributed by atoms with Gasteiger partial charge < -0.3 is 10.2 Å². The van der Waals surface area contributed by atoms with Crippen LogP contribution >= 0.6 is 22.6 Å². The van der Waals surface area contributed by atoms with Gasteiger partial charge in [-0.05, 0) is 41.0 Å². The van der Waals surface area contributed by atoms with Gasteiger partial charge in [-0.25, -0.2) is 4.79 Å². The third-order valence-corrected chi connectivity index (χ3v) is 4.06. The highest BCUT2D eigenvalue weighted by atomic mass is 127. The standard InChI is InChI=1S/C15H22INO3/c1-4-9-17(14(18)19)15(20,10-11(2)3)12-7-5-6-8-13(12)16/h5-8,11,20H,4,9-10H2,1-3H3,(H,18,19)/t15-/m1/s1. The summed E-state index contributed by atoms with van der Waals surface area (Å²) in [7, 11) is 0. The summed E-state index contributed by atoms with van der Waals surface area (Å²) in [4.78, 5) is 12.7. The minimum atomic E-state index is -1.48. The molecule has 0 fully saturated rings. The Labute approximate surface area is 133 Å². The zero-order valence-electron chi connectivity index (χ0n) is 12.1. The van der Waals surface area contributed by atoms with Gasteiger partial charge in [0.2, 0.25) is 0 Å². The number of rotatable bonds is 6. The largest absolute Gasteiger partial charge is 0.465 e. The molecule has 20 heavy (non-hydrogen) atoms. The lowest BCUT2D eigenvalue weighted by molar-refractivity contribution is -0.112. The van der Waals surface area contributed by atoms with Crippen LogP contribution in [0.25, 0.3) is 0 Å². The molecule has 1 atom stereocenters. The van der Waals surface area contributed by atoms with E-state index in [2.05, 4.69) is 22.6 Å². The van der Waals surface area contributed by atoms with Crippen LogP contribution in [0, 0.1) is 9.49 Å². The summed E-state index contributed by atoms with van der Waals surface area (Å²) in [5.41, 5.74) is -0.821. The lowest BCUT2D eigenvalue weighted by atomic mass is 9.91. The Morgan fingerprint density at radius 2 is 2.00 bits per heavy atom. The van der Waals surface area contributed by atoms with Crippen LogP contribution < -0.4 is 0 Å². The Balaban J connectivity index is 3.34. The minimum Gasteiger partial charge on any atom is -0.465 e. The van der Waals surface area contributed by atoms with Gasteiger partial charge in [-0.3, -0.25) is 4.90 Å². The van der Waals surface area contributed by atoms with Crippen LogP contribution in [0.4, 0.5) is 4.79 Å². The molecule has 112 valence electrons. The highest BCUT2D eigenvalue weighted by Crippen LogP contribution is 2.35. The van der Waals surface area contributed by atoms with Crippen molar-refractivity contribution in [1.29, 1.82) is 0 Å². The second-order valence-corrected chi connectivity index (χ2v) is 6.49. The first kappa shape index (κ1) is 17.2. The summed E-state index contributed by atoms with van der Waals surface area (Å²) in [6, 6.07) is 7.39. The van der Waals surface area contributed by atoms with Crippen molar-refractivity contribution in [2.45, 2.75) is 39.3 Å².